The summed E-state index contributed by atoms with van der Waals surface area (Å²) in [6.07, 6.45) is 6.06. The highest BCUT2D eigenvalue weighted by molar-refractivity contribution is 7.99. The van der Waals surface area contributed by atoms with Gasteiger partial charge in [-0.2, -0.15) is 11.8 Å². The van der Waals surface area contributed by atoms with Gasteiger partial charge in [0.05, 0.1) is 17.3 Å². The molecule has 8 nitrogen and oxygen atoms in total. The van der Waals surface area contributed by atoms with Gasteiger partial charge in [-0.05, 0) is 18.4 Å². The van der Waals surface area contributed by atoms with Gasteiger partial charge >= 0.3 is 0 Å². The summed E-state index contributed by atoms with van der Waals surface area (Å²) in [7, 11) is 0. The first-order chi connectivity index (χ1) is 15.1. The number of hydrogen-bond acceptors (Lipinski definition) is 8. The number of benzene rings is 1. The molecular formula is C22H29N7OS. The van der Waals surface area contributed by atoms with Gasteiger partial charge in [0.2, 0.25) is 5.91 Å². The molecule has 9 heteroatoms. The third-order valence-corrected chi connectivity index (χ3v) is 6.83. The molecule has 0 radical (unpaired) electrons. The Kier molecular flexibility index (Phi) is 7.03. The highest BCUT2D eigenvalue weighted by Crippen LogP contribution is 2.26. The first-order valence-corrected chi connectivity index (χ1v) is 11.9. The second kappa shape index (κ2) is 10.1. The maximum Gasteiger partial charge on any atom is 0.238 e. The third kappa shape index (κ3) is 5.34. The first-order valence-electron chi connectivity index (χ1n) is 10.8. The number of hydrogen-bond donors (Lipinski definition) is 5. The average molecular weight is 440 g/mol. The molecular weight excluding hydrogens is 410 g/mol. The van der Waals surface area contributed by atoms with E-state index in [4.69, 9.17) is 11.1 Å². The van der Waals surface area contributed by atoms with Gasteiger partial charge in [-0.1, -0.05) is 37.1 Å². The van der Waals surface area contributed by atoms with Crippen LogP contribution in [0.5, 0.6) is 0 Å². The van der Waals surface area contributed by atoms with Crippen molar-refractivity contribution in [2.24, 2.45) is 0 Å². The van der Waals surface area contributed by atoms with Crippen molar-refractivity contribution in [3.05, 3.63) is 47.3 Å². The molecule has 31 heavy (non-hydrogen) atoms. The van der Waals surface area contributed by atoms with E-state index >= 15 is 0 Å². The molecule has 0 spiro atoms. The third-order valence-electron chi connectivity index (χ3n) is 5.77. The SMILES string of the molecule is N=C(c1ccc(CNC(=O)C2CSCCN2)cc1)c1c(N)ncnc1NC1CCCC1. The van der Waals surface area contributed by atoms with Gasteiger partial charge in [0.1, 0.15) is 18.0 Å². The highest BCUT2D eigenvalue weighted by Gasteiger charge is 2.22. The van der Waals surface area contributed by atoms with E-state index in [-0.39, 0.29) is 17.7 Å². The van der Waals surface area contributed by atoms with E-state index in [9.17, 15) is 4.79 Å². The summed E-state index contributed by atoms with van der Waals surface area (Å²) in [6, 6.07) is 7.85. The van der Waals surface area contributed by atoms with Crippen LogP contribution in [-0.4, -0.2) is 51.7 Å². The molecule has 0 bridgehead atoms. The minimum absolute atomic E-state index is 0.0286. The summed E-state index contributed by atoms with van der Waals surface area (Å²) in [5.74, 6) is 2.81. The molecule has 1 aliphatic heterocycles. The molecule has 2 aliphatic rings. The molecule has 1 saturated heterocycles. The van der Waals surface area contributed by atoms with Crippen LogP contribution in [0.3, 0.4) is 0 Å². The van der Waals surface area contributed by atoms with Crippen LogP contribution in [0.25, 0.3) is 0 Å². The smallest absolute Gasteiger partial charge is 0.238 e. The second-order valence-electron chi connectivity index (χ2n) is 7.98. The van der Waals surface area contributed by atoms with Gasteiger partial charge in [0, 0.05) is 36.2 Å². The number of carbonyl (C=O) groups excluding carboxylic acids is 1. The Bertz CT molecular complexity index is 922. The fourth-order valence-electron chi connectivity index (χ4n) is 4.00. The number of amides is 1. The first kappa shape index (κ1) is 21.6. The van der Waals surface area contributed by atoms with E-state index in [0.717, 1.165) is 42.0 Å². The minimum atomic E-state index is -0.127. The average Bonchev–Trinajstić information content (AvgIpc) is 3.31. The predicted octanol–water partition coefficient (Wildman–Crippen LogP) is 2.15. The van der Waals surface area contributed by atoms with Gasteiger partial charge in [0.15, 0.2) is 0 Å². The molecule has 2 heterocycles. The summed E-state index contributed by atoms with van der Waals surface area (Å²) in [5.41, 5.74) is 8.67. The quantitative estimate of drug-likeness (QED) is 0.418. The Balaban J connectivity index is 1.42. The Labute approximate surface area is 186 Å². The van der Waals surface area contributed by atoms with Crippen LogP contribution in [0.2, 0.25) is 0 Å². The van der Waals surface area contributed by atoms with Crippen LogP contribution < -0.4 is 21.7 Å². The Morgan fingerprint density at radius 2 is 2.00 bits per heavy atom. The lowest BCUT2D eigenvalue weighted by molar-refractivity contribution is -0.122. The number of rotatable bonds is 7. The molecule has 2 fully saturated rings. The Morgan fingerprint density at radius 3 is 2.71 bits per heavy atom. The van der Waals surface area contributed by atoms with Gasteiger partial charge in [-0.15, -0.1) is 0 Å². The molecule has 4 rings (SSSR count). The van der Waals surface area contributed by atoms with Crippen LogP contribution in [0.15, 0.2) is 30.6 Å². The lowest BCUT2D eigenvalue weighted by Crippen LogP contribution is -2.48. The molecule has 1 saturated carbocycles. The molecule has 6 N–H and O–H groups in total. The van der Waals surface area contributed by atoms with Crippen molar-refractivity contribution in [1.82, 2.24) is 20.6 Å². The van der Waals surface area contributed by atoms with Crippen molar-refractivity contribution in [2.75, 3.05) is 29.1 Å². The summed E-state index contributed by atoms with van der Waals surface area (Å²) >= 11 is 1.80. The number of thioether (sulfide) groups is 1. The normalized spacial score (nSPS) is 19.2. The topological polar surface area (TPSA) is 129 Å². The van der Waals surface area contributed by atoms with Crippen molar-refractivity contribution < 1.29 is 4.79 Å². The summed E-state index contributed by atoms with van der Waals surface area (Å²) in [6.45, 7) is 1.32. The number of nitrogens with zero attached hydrogens (tertiary/aromatic N) is 2. The maximum atomic E-state index is 12.3. The number of aromatic nitrogens is 2. The van der Waals surface area contributed by atoms with Gasteiger partial charge < -0.3 is 21.7 Å². The number of nitrogens with one attached hydrogen (secondary N) is 4. The molecule has 1 aromatic heterocycles. The van der Waals surface area contributed by atoms with Crippen LogP contribution in [0, 0.1) is 5.41 Å². The van der Waals surface area contributed by atoms with Gasteiger partial charge in [0.25, 0.3) is 0 Å². The van der Waals surface area contributed by atoms with Gasteiger partial charge in [-0.3, -0.25) is 10.2 Å². The van der Waals surface area contributed by atoms with E-state index in [1.54, 1.807) is 11.8 Å². The van der Waals surface area contributed by atoms with Crippen LogP contribution in [-0.2, 0) is 11.3 Å². The lowest BCUT2D eigenvalue weighted by Gasteiger charge is -2.22. The van der Waals surface area contributed by atoms with Crippen molar-refractivity contribution in [3.63, 3.8) is 0 Å². The standard InChI is InChI=1S/C22H29N7OS/c23-19(18-20(24)27-13-28-21(18)29-16-3-1-2-4-16)15-7-5-14(6-8-15)11-26-22(30)17-12-31-10-9-25-17/h5-8,13,16-17,23,25H,1-4,9-12H2,(H,26,30)(H3,24,27,28,29). The van der Waals surface area contributed by atoms with E-state index in [1.807, 2.05) is 24.3 Å². The predicted molar refractivity (Wildman–Crippen MR) is 126 cm³/mol. The van der Waals surface area contributed by atoms with Crippen molar-refractivity contribution in [2.45, 2.75) is 44.3 Å². The monoisotopic (exact) mass is 439 g/mol. The fourth-order valence-corrected chi connectivity index (χ4v) is 4.93. The molecule has 1 amide bonds. The van der Waals surface area contributed by atoms with Crippen molar-refractivity contribution in [3.8, 4) is 0 Å². The largest absolute Gasteiger partial charge is 0.383 e. The highest BCUT2D eigenvalue weighted by atomic mass is 32.2. The molecule has 1 atom stereocenters. The summed E-state index contributed by atoms with van der Waals surface area (Å²) < 4.78 is 0. The maximum absolute atomic E-state index is 12.3. The number of anilines is 2. The van der Waals surface area contributed by atoms with Crippen LogP contribution in [0.4, 0.5) is 11.6 Å². The molecule has 1 unspecified atom stereocenters. The van der Waals surface area contributed by atoms with Crippen LogP contribution >= 0.6 is 11.8 Å². The minimum Gasteiger partial charge on any atom is -0.383 e. The molecule has 1 aliphatic carbocycles. The number of nitrogen functional groups attached to an aromatic ring is 1. The van der Waals surface area contributed by atoms with Crippen molar-refractivity contribution >= 4 is 35.0 Å². The van der Waals surface area contributed by atoms with E-state index in [0.29, 0.717) is 29.8 Å². The summed E-state index contributed by atoms with van der Waals surface area (Å²) in [5, 5.41) is 18.4. The Hall–Kier alpha value is -2.65. The number of nitrogens with two attached hydrogens (primary N) is 1. The van der Waals surface area contributed by atoms with E-state index in [1.165, 1.54) is 19.2 Å². The second-order valence-corrected chi connectivity index (χ2v) is 9.13. The molecule has 164 valence electrons. The number of carbonyl (C=O) groups is 1. The van der Waals surface area contributed by atoms with E-state index in [2.05, 4.69) is 25.9 Å². The van der Waals surface area contributed by atoms with E-state index < -0.39 is 0 Å². The fraction of sp³-hybridized carbons (Fsp3) is 0.455. The van der Waals surface area contributed by atoms with Crippen molar-refractivity contribution in [1.29, 1.82) is 5.41 Å². The molecule has 1 aromatic carbocycles. The van der Waals surface area contributed by atoms with Gasteiger partial charge in [-0.25, -0.2) is 9.97 Å². The zero-order valence-corrected chi connectivity index (χ0v) is 18.3. The Morgan fingerprint density at radius 1 is 1.23 bits per heavy atom. The van der Waals surface area contributed by atoms with Crippen LogP contribution in [0.1, 0.15) is 42.4 Å². The summed E-state index contributed by atoms with van der Waals surface area (Å²) in [4.78, 5) is 20.8. The zero-order valence-electron chi connectivity index (χ0n) is 17.5. The lowest BCUT2D eigenvalue weighted by atomic mass is 10.0. The molecule has 2 aromatic rings. The zero-order chi connectivity index (χ0) is 21.6.